The quantitative estimate of drug-likeness (QED) is 0.288. The van der Waals surface area contributed by atoms with Crippen molar-refractivity contribution >= 4 is 5.97 Å². The Kier molecular flexibility index (Phi) is 5.20. The van der Waals surface area contributed by atoms with Crippen LogP contribution in [-0.2, 0) is 9.53 Å². The molecule has 0 unspecified atom stereocenters. The molecule has 1 N–H and O–H groups in total. The summed E-state index contributed by atoms with van der Waals surface area (Å²) in [4.78, 5) is 15.5. The molecule has 0 radical (unpaired) electrons. The van der Waals surface area contributed by atoms with E-state index < -0.39 is 17.6 Å². The fraction of sp³-hybridized carbons (Fsp3) is 0.438. The summed E-state index contributed by atoms with van der Waals surface area (Å²) in [6.45, 7) is 6.40. The summed E-state index contributed by atoms with van der Waals surface area (Å²) in [5.74, 6) is -0.630. The monoisotopic (exact) mass is 300 g/mol. The van der Waals surface area contributed by atoms with Crippen LogP contribution in [0.15, 0.2) is 48.1 Å². The molecule has 1 aromatic carbocycles. The van der Waals surface area contributed by atoms with Gasteiger partial charge in [0.15, 0.2) is 5.54 Å². The van der Waals surface area contributed by atoms with Gasteiger partial charge in [0.05, 0.1) is 0 Å². The molecule has 1 fully saturated rings. The normalized spacial score (nSPS) is 25.0. The minimum absolute atomic E-state index is 0.142. The van der Waals surface area contributed by atoms with E-state index in [4.69, 9.17) is 10.3 Å². The number of hydrogen-bond donors (Lipinski definition) is 1. The van der Waals surface area contributed by atoms with Crippen LogP contribution in [0.25, 0.3) is 10.4 Å². The van der Waals surface area contributed by atoms with Crippen LogP contribution in [-0.4, -0.2) is 24.6 Å². The first-order valence-electron chi connectivity index (χ1n) is 7.28. The molecule has 1 aromatic rings. The standard InChI is InChI=1S/C16H20N4O2/c1-3-7-14-10-18-11-16(14,19-20-17)15(21)22-12(2)13-8-5-4-6-9-13/h3-6,8-9,12,14,18H,1,7,10-11H2,2H3/t12-,14-,16-/m1/s1. The van der Waals surface area contributed by atoms with Crippen molar-refractivity contribution in [2.45, 2.75) is 25.0 Å². The zero-order chi connectivity index (χ0) is 16.0. The Balaban J connectivity index is 2.20. The zero-order valence-electron chi connectivity index (χ0n) is 12.6. The lowest BCUT2D eigenvalue weighted by molar-refractivity contribution is -0.156. The van der Waals surface area contributed by atoms with E-state index in [1.807, 2.05) is 37.3 Å². The van der Waals surface area contributed by atoms with Crippen molar-refractivity contribution in [1.29, 1.82) is 0 Å². The predicted molar refractivity (Wildman–Crippen MR) is 84.0 cm³/mol. The predicted octanol–water partition coefficient (Wildman–Crippen LogP) is 3.14. The number of rotatable bonds is 6. The largest absolute Gasteiger partial charge is 0.457 e. The summed E-state index contributed by atoms with van der Waals surface area (Å²) in [5.41, 5.74) is 8.57. The maximum absolute atomic E-state index is 12.7. The van der Waals surface area contributed by atoms with Gasteiger partial charge in [-0.2, -0.15) is 0 Å². The summed E-state index contributed by atoms with van der Waals surface area (Å²) in [6.07, 6.45) is 1.91. The third kappa shape index (κ3) is 3.13. The first-order chi connectivity index (χ1) is 10.6. The number of carbonyl (C=O) groups is 1. The smallest absolute Gasteiger partial charge is 0.320 e. The summed E-state index contributed by atoms with van der Waals surface area (Å²) in [6, 6.07) is 9.47. The van der Waals surface area contributed by atoms with Gasteiger partial charge < -0.3 is 10.1 Å². The van der Waals surface area contributed by atoms with E-state index in [2.05, 4.69) is 21.9 Å². The third-order valence-corrected chi connectivity index (χ3v) is 4.04. The van der Waals surface area contributed by atoms with Crippen LogP contribution < -0.4 is 5.32 Å². The van der Waals surface area contributed by atoms with Gasteiger partial charge in [-0.05, 0) is 36.9 Å². The summed E-state index contributed by atoms with van der Waals surface area (Å²) in [7, 11) is 0. The fourth-order valence-corrected chi connectivity index (χ4v) is 2.76. The van der Waals surface area contributed by atoms with Crippen molar-refractivity contribution < 1.29 is 9.53 Å². The molecule has 2 rings (SSSR count). The van der Waals surface area contributed by atoms with E-state index in [9.17, 15) is 4.79 Å². The first-order valence-corrected chi connectivity index (χ1v) is 7.28. The number of azide groups is 1. The molecule has 116 valence electrons. The molecule has 0 aromatic heterocycles. The molecule has 3 atom stereocenters. The van der Waals surface area contributed by atoms with E-state index in [1.165, 1.54) is 0 Å². The molecule has 0 spiro atoms. The lowest BCUT2D eigenvalue weighted by atomic mass is 9.85. The van der Waals surface area contributed by atoms with Crippen molar-refractivity contribution in [3.8, 4) is 0 Å². The summed E-state index contributed by atoms with van der Waals surface area (Å²) in [5, 5.41) is 6.91. The van der Waals surface area contributed by atoms with Crippen molar-refractivity contribution in [2.24, 2.45) is 11.0 Å². The average Bonchev–Trinajstić information content (AvgIpc) is 2.93. The zero-order valence-corrected chi connectivity index (χ0v) is 12.6. The van der Waals surface area contributed by atoms with Crippen LogP contribution in [0.4, 0.5) is 0 Å². The SMILES string of the molecule is C=CC[C@@H]1CNC[C@]1(N=[N+]=[N-])C(=O)O[C@H](C)c1ccccc1. The number of ether oxygens (including phenoxy) is 1. The molecule has 0 saturated carbocycles. The number of nitrogens with zero attached hydrogens (tertiary/aromatic N) is 3. The molecular weight excluding hydrogens is 280 g/mol. The van der Waals surface area contributed by atoms with E-state index in [0.717, 1.165) is 5.56 Å². The van der Waals surface area contributed by atoms with Crippen molar-refractivity contribution in [3.63, 3.8) is 0 Å². The van der Waals surface area contributed by atoms with Gasteiger partial charge in [0, 0.05) is 11.5 Å². The Morgan fingerprint density at radius 2 is 2.36 bits per heavy atom. The van der Waals surface area contributed by atoms with Crippen LogP contribution in [0.5, 0.6) is 0 Å². The Bertz CT molecular complexity index is 583. The first kappa shape index (κ1) is 16.1. The molecule has 6 heteroatoms. The Hall–Kier alpha value is -2.30. The van der Waals surface area contributed by atoms with Crippen LogP contribution in [0.3, 0.4) is 0 Å². The van der Waals surface area contributed by atoms with Gasteiger partial charge in [0.1, 0.15) is 6.10 Å². The van der Waals surface area contributed by atoms with E-state index >= 15 is 0 Å². The van der Waals surface area contributed by atoms with Crippen LogP contribution in [0, 0.1) is 5.92 Å². The highest BCUT2D eigenvalue weighted by Gasteiger charge is 2.50. The summed E-state index contributed by atoms with van der Waals surface area (Å²) < 4.78 is 5.57. The number of carbonyl (C=O) groups excluding carboxylic acids is 1. The highest BCUT2D eigenvalue weighted by molar-refractivity contribution is 5.83. The molecule has 0 amide bonds. The van der Waals surface area contributed by atoms with Crippen LogP contribution >= 0.6 is 0 Å². The molecule has 22 heavy (non-hydrogen) atoms. The van der Waals surface area contributed by atoms with Gasteiger partial charge in [0.2, 0.25) is 0 Å². The molecule has 1 heterocycles. The highest BCUT2D eigenvalue weighted by Crippen LogP contribution is 2.33. The lowest BCUT2D eigenvalue weighted by Gasteiger charge is -2.28. The molecule has 0 aliphatic carbocycles. The summed E-state index contributed by atoms with van der Waals surface area (Å²) >= 11 is 0. The number of nitrogens with one attached hydrogen (secondary N) is 1. The minimum Gasteiger partial charge on any atom is -0.457 e. The van der Waals surface area contributed by atoms with Gasteiger partial charge in [-0.1, -0.05) is 41.5 Å². The van der Waals surface area contributed by atoms with Gasteiger partial charge in [-0.25, -0.2) is 0 Å². The molecule has 0 bridgehead atoms. The second-order valence-corrected chi connectivity index (χ2v) is 5.42. The Morgan fingerprint density at radius 1 is 1.64 bits per heavy atom. The topological polar surface area (TPSA) is 87.1 Å². The Morgan fingerprint density at radius 3 is 3.00 bits per heavy atom. The van der Waals surface area contributed by atoms with Gasteiger partial charge in [-0.15, -0.1) is 6.58 Å². The lowest BCUT2D eigenvalue weighted by Crippen LogP contribution is -2.45. The van der Waals surface area contributed by atoms with Crippen molar-refractivity contribution in [2.75, 3.05) is 13.1 Å². The minimum atomic E-state index is -1.20. The third-order valence-electron chi connectivity index (χ3n) is 4.04. The van der Waals surface area contributed by atoms with E-state index in [-0.39, 0.29) is 12.5 Å². The highest BCUT2D eigenvalue weighted by atomic mass is 16.5. The maximum Gasteiger partial charge on any atom is 0.320 e. The van der Waals surface area contributed by atoms with Crippen LogP contribution in [0.1, 0.15) is 25.0 Å². The number of benzene rings is 1. The maximum atomic E-state index is 12.7. The molecule has 1 saturated heterocycles. The van der Waals surface area contributed by atoms with Crippen molar-refractivity contribution in [1.82, 2.24) is 5.32 Å². The van der Waals surface area contributed by atoms with Crippen LogP contribution in [0.2, 0.25) is 0 Å². The van der Waals surface area contributed by atoms with Gasteiger partial charge in [0.25, 0.3) is 0 Å². The van der Waals surface area contributed by atoms with E-state index in [1.54, 1.807) is 6.08 Å². The van der Waals surface area contributed by atoms with Gasteiger partial charge in [-0.3, -0.25) is 4.79 Å². The van der Waals surface area contributed by atoms with Gasteiger partial charge >= 0.3 is 5.97 Å². The number of esters is 1. The molecule has 6 nitrogen and oxygen atoms in total. The number of hydrogen-bond acceptors (Lipinski definition) is 4. The number of allylic oxidation sites excluding steroid dienone is 1. The second kappa shape index (κ2) is 7.11. The fourth-order valence-electron chi connectivity index (χ4n) is 2.76. The Labute approximate surface area is 129 Å². The molecular formula is C16H20N4O2. The molecule has 1 aliphatic heterocycles. The second-order valence-electron chi connectivity index (χ2n) is 5.42. The molecule has 1 aliphatic rings. The average molecular weight is 300 g/mol. The van der Waals surface area contributed by atoms with E-state index in [0.29, 0.717) is 13.0 Å². The van der Waals surface area contributed by atoms with Crippen molar-refractivity contribution in [3.05, 3.63) is 59.0 Å².